The highest BCUT2D eigenvalue weighted by molar-refractivity contribution is 9.10. The van der Waals surface area contributed by atoms with E-state index in [1.54, 1.807) is 24.3 Å². The van der Waals surface area contributed by atoms with Crippen LogP contribution in [0.4, 0.5) is 4.39 Å². The highest BCUT2D eigenvalue weighted by Gasteiger charge is 2.18. The lowest BCUT2D eigenvalue weighted by atomic mass is 10.2. The predicted octanol–water partition coefficient (Wildman–Crippen LogP) is 3.72. The topological polar surface area (TPSA) is 46.2 Å². The Morgan fingerprint density at radius 1 is 1.15 bits per heavy atom. The van der Waals surface area contributed by atoms with Crippen LogP contribution in [-0.2, 0) is 16.6 Å². The van der Waals surface area contributed by atoms with Gasteiger partial charge in [0.1, 0.15) is 10.7 Å². The molecule has 0 fully saturated rings. The van der Waals surface area contributed by atoms with E-state index in [4.69, 9.17) is 11.6 Å². The summed E-state index contributed by atoms with van der Waals surface area (Å²) in [7, 11) is -3.89. The summed E-state index contributed by atoms with van der Waals surface area (Å²) in [4.78, 5) is -0.380. The minimum Gasteiger partial charge on any atom is -0.207 e. The molecule has 0 saturated heterocycles. The first-order valence-corrected chi connectivity index (χ1v) is 8.23. The van der Waals surface area contributed by atoms with Gasteiger partial charge in [0.2, 0.25) is 10.0 Å². The van der Waals surface area contributed by atoms with Gasteiger partial charge >= 0.3 is 0 Å². The van der Waals surface area contributed by atoms with Gasteiger partial charge in [-0.1, -0.05) is 39.7 Å². The van der Waals surface area contributed by atoms with Gasteiger partial charge in [0.25, 0.3) is 0 Å². The van der Waals surface area contributed by atoms with E-state index in [0.29, 0.717) is 9.50 Å². The fraction of sp³-hybridized carbons (Fsp3) is 0.0769. The van der Waals surface area contributed by atoms with E-state index in [-0.39, 0.29) is 11.4 Å². The molecule has 0 bridgehead atoms. The van der Waals surface area contributed by atoms with Gasteiger partial charge in [0, 0.05) is 16.0 Å². The van der Waals surface area contributed by atoms with Crippen molar-refractivity contribution in [3.63, 3.8) is 0 Å². The van der Waals surface area contributed by atoms with Gasteiger partial charge in [-0.05, 0) is 35.9 Å². The second-order valence-electron chi connectivity index (χ2n) is 4.03. The molecule has 0 aliphatic rings. The van der Waals surface area contributed by atoms with E-state index in [9.17, 15) is 12.8 Å². The van der Waals surface area contributed by atoms with Crippen LogP contribution < -0.4 is 4.72 Å². The number of hydrogen-bond acceptors (Lipinski definition) is 2. The molecule has 0 saturated carbocycles. The molecule has 2 aromatic rings. The van der Waals surface area contributed by atoms with Crippen molar-refractivity contribution in [3.8, 4) is 0 Å². The van der Waals surface area contributed by atoms with Crippen LogP contribution in [-0.4, -0.2) is 8.42 Å². The lowest BCUT2D eigenvalue weighted by molar-refractivity contribution is 0.556. The molecule has 0 radical (unpaired) electrons. The molecule has 0 aromatic heterocycles. The van der Waals surface area contributed by atoms with Crippen molar-refractivity contribution in [1.82, 2.24) is 4.72 Å². The van der Waals surface area contributed by atoms with Crippen LogP contribution in [0.1, 0.15) is 5.56 Å². The molecule has 2 aromatic carbocycles. The van der Waals surface area contributed by atoms with Crippen LogP contribution in [0.5, 0.6) is 0 Å². The summed E-state index contributed by atoms with van der Waals surface area (Å²) in [6, 6.07) is 10.5. The van der Waals surface area contributed by atoms with Gasteiger partial charge in [-0.15, -0.1) is 0 Å². The van der Waals surface area contributed by atoms with Gasteiger partial charge in [-0.2, -0.15) is 0 Å². The van der Waals surface area contributed by atoms with E-state index in [0.717, 1.165) is 11.6 Å². The van der Waals surface area contributed by atoms with E-state index in [1.807, 2.05) is 0 Å². The number of sulfonamides is 1. The molecule has 20 heavy (non-hydrogen) atoms. The molecular formula is C13H10BrClFNO2S. The average molecular weight is 379 g/mol. The molecule has 0 spiro atoms. The van der Waals surface area contributed by atoms with Gasteiger partial charge in [0.05, 0.1) is 0 Å². The van der Waals surface area contributed by atoms with Gasteiger partial charge in [-0.25, -0.2) is 17.5 Å². The molecule has 0 aliphatic heterocycles. The van der Waals surface area contributed by atoms with Gasteiger partial charge in [0.15, 0.2) is 0 Å². The second-order valence-corrected chi connectivity index (χ2v) is 7.11. The van der Waals surface area contributed by atoms with Crippen molar-refractivity contribution < 1.29 is 12.8 Å². The molecule has 0 unspecified atom stereocenters. The summed E-state index contributed by atoms with van der Waals surface area (Å²) in [5, 5.41) is 0.565. The maximum Gasteiger partial charge on any atom is 0.243 e. The van der Waals surface area contributed by atoms with E-state index >= 15 is 0 Å². The summed E-state index contributed by atoms with van der Waals surface area (Å²) in [6.45, 7) is 0.0645. The number of hydrogen-bond donors (Lipinski definition) is 1. The summed E-state index contributed by atoms with van der Waals surface area (Å²) >= 11 is 8.82. The summed E-state index contributed by atoms with van der Waals surface area (Å²) < 4.78 is 40.5. The van der Waals surface area contributed by atoms with Crippen molar-refractivity contribution in [3.05, 3.63) is 63.3 Å². The van der Waals surface area contributed by atoms with Crippen LogP contribution in [0.3, 0.4) is 0 Å². The monoisotopic (exact) mass is 377 g/mol. The molecule has 7 heteroatoms. The number of rotatable bonds is 4. The molecule has 0 heterocycles. The van der Waals surface area contributed by atoms with Crippen molar-refractivity contribution >= 4 is 37.6 Å². The molecule has 0 aliphatic carbocycles. The fourth-order valence-electron chi connectivity index (χ4n) is 1.55. The molecular weight excluding hydrogens is 369 g/mol. The zero-order valence-electron chi connectivity index (χ0n) is 10.1. The normalized spacial score (nSPS) is 11.6. The Kier molecular flexibility index (Phi) is 4.80. The van der Waals surface area contributed by atoms with Crippen molar-refractivity contribution in [1.29, 1.82) is 0 Å². The maximum atomic E-state index is 13.7. The molecule has 2 rings (SSSR count). The Morgan fingerprint density at radius 3 is 2.40 bits per heavy atom. The molecule has 0 atom stereocenters. The van der Waals surface area contributed by atoms with E-state index in [2.05, 4.69) is 20.7 Å². The summed E-state index contributed by atoms with van der Waals surface area (Å²) in [6.07, 6.45) is 0. The van der Waals surface area contributed by atoms with Crippen LogP contribution in [0.15, 0.2) is 51.8 Å². The molecule has 0 amide bonds. The lowest BCUT2D eigenvalue weighted by Gasteiger charge is -2.08. The summed E-state index contributed by atoms with van der Waals surface area (Å²) in [5.74, 6) is -0.803. The minimum atomic E-state index is -3.89. The third-order valence-corrected chi connectivity index (χ3v) is 4.74. The SMILES string of the molecule is O=S(=O)(NCc1ccc(Cl)cc1)c1ccc(Br)cc1F. The first-order valence-electron chi connectivity index (χ1n) is 5.58. The Balaban J connectivity index is 2.17. The number of nitrogens with one attached hydrogen (secondary N) is 1. The van der Waals surface area contributed by atoms with Crippen LogP contribution >= 0.6 is 27.5 Å². The van der Waals surface area contributed by atoms with Crippen molar-refractivity contribution in [2.75, 3.05) is 0 Å². The third kappa shape index (κ3) is 3.79. The first-order chi connectivity index (χ1) is 9.38. The minimum absolute atomic E-state index is 0.0645. The summed E-state index contributed by atoms with van der Waals surface area (Å²) in [5.41, 5.74) is 0.732. The quantitative estimate of drug-likeness (QED) is 0.881. The largest absolute Gasteiger partial charge is 0.243 e. The highest BCUT2D eigenvalue weighted by atomic mass is 79.9. The third-order valence-electron chi connectivity index (χ3n) is 2.56. The number of benzene rings is 2. The number of halogens is 3. The smallest absolute Gasteiger partial charge is 0.207 e. The standard InChI is InChI=1S/C13H10BrClFNO2S/c14-10-3-6-13(12(16)7-10)20(18,19)17-8-9-1-4-11(15)5-2-9/h1-7,17H,8H2. The molecule has 1 N–H and O–H groups in total. The zero-order chi connectivity index (χ0) is 14.8. The maximum absolute atomic E-state index is 13.7. The van der Waals surface area contributed by atoms with Crippen LogP contribution in [0, 0.1) is 5.82 Å². The lowest BCUT2D eigenvalue weighted by Crippen LogP contribution is -2.24. The fourth-order valence-corrected chi connectivity index (χ4v) is 3.09. The Labute approximate surface area is 130 Å². The molecule has 3 nitrogen and oxygen atoms in total. The van der Waals surface area contributed by atoms with Gasteiger partial charge in [-0.3, -0.25) is 0 Å². The van der Waals surface area contributed by atoms with E-state index in [1.165, 1.54) is 12.1 Å². The van der Waals surface area contributed by atoms with Crippen LogP contribution in [0.25, 0.3) is 0 Å². The van der Waals surface area contributed by atoms with Crippen molar-refractivity contribution in [2.24, 2.45) is 0 Å². The highest BCUT2D eigenvalue weighted by Crippen LogP contribution is 2.19. The Bertz CT molecular complexity index is 720. The average Bonchev–Trinajstić information content (AvgIpc) is 2.37. The van der Waals surface area contributed by atoms with Gasteiger partial charge < -0.3 is 0 Å². The molecule has 106 valence electrons. The van der Waals surface area contributed by atoms with Crippen LogP contribution in [0.2, 0.25) is 5.02 Å². The van der Waals surface area contributed by atoms with E-state index < -0.39 is 15.8 Å². The Hall–Kier alpha value is -0.950. The van der Waals surface area contributed by atoms with Crippen molar-refractivity contribution in [2.45, 2.75) is 11.4 Å². The zero-order valence-corrected chi connectivity index (χ0v) is 13.3. The predicted molar refractivity (Wildman–Crippen MR) is 79.6 cm³/mol. The second kappa shape index (κ2) is 6.22. The Morgan fingerprint density at radius 2 is 1.80 bits per heavy atom. The first kappa shape index (κ1) is 15.4.